The van der Waals surface area contributed by atoms with Crippen LogP contribution in [0.15, 0.2) is 45.9 Å². The number of aldehydes is 1. The fraction of sp³-hybridized carbons (Fsp3) is 0.214. The number of hydrogen-bond donors (Lipinski definition) is 1. The first kappa shape index (κ1) is 15.3. The third-order valence-electron chi connectivity index (χ3n) is 2.82. The number of sulfonamides is 1. The normalized spacial score (nSPS) is 11.3. The predicted molar refractivity (Wildman–Crippen MR) is 76.0 cm³/mol. The number of methoxy groups -OCH3 is 1. The molecule has 0 fully saturated rings. The lowest BCUT2D eigenvalue weighted by molar-refractivity contribution is 0.109. The van der Waals surface area contributed by atoms with Gasteiger partial charge in [0.15, 0.2) is 12.0 Å². The molecule has 21 heavy (non-hydrogen) atoms. The van der Waals surface area contributed by atoms with Crippen LogP contribution in [0.1, 0.15) is 16.1 Å². The molecule has 0 aliphatic carbocycles. The highest BCUT2D eigenvalue weighted by Crippen LogP contribution is 2.14. The predicted octanol–water partition coefficient (Wildman–Crippen LogP) is 1.62. The molecule has 0 atom stereocenters. The van der Waals surface area contributed by atoms with Gasteiger partial charge in [-0.15, -0.1) is 0 Å². The van der Waals surface area contributed by atoms with Gasteiger partial charge in [0.2, 0.25) is 5.09 Å². The van der Waals surface area contributed by atoms with Crippen LogP contribution in [0.2, 0.25) is 0 Å². The maximum absolute atomic E-state index is 11.9. The summed E-state index contributed by atoms with van der Waals surface area (Å²) in [4.78, 5) is 10.5. The zero-order valence-corrected chi connectivity index (χ0v) is 12.2. The van der Waals surface area contributed by atoms with Crippen molar-refractivity contribution >= 4 is 16.3 Å². The Bertz CT molecular complexity index is 720. The van der Waals surface area contributed by atoms with E-state index in [1.54, 1.807) is 7.11 Å². The molecule has 1 aromatic carbocycles. The van der Waals surface area contributed by atoms with Gasteiger partial charge in [-0.1, -0.05) is 12.1 Å². The van der Waals surface area contributed by atoms with Crippen molar-refractivity contribution in [3.8, 4) is 5.75 Å². The lowest BCUT2D eigenvalue weighted by Gasteiger charge is -2.06. The summed E-state index contributed by atoms with van der Waals surface area (Å²) in [5.41, 5.74) is 0.949. The number of rotatable bonds is 7. The van der Waals surface area contributed by atoms with Crippen molar-refractivity contribution in [3.05, 3.63) is 47.7 Å². The summed E-state index contributed by atoms with van der Waals surface area (Å²) in [5, 5.41) is -0.268. The summed E-state index contributed by atoms with van der Waals surface area (Å²) in [6.07, 6.45) is 0.965. The molecule has 112 valence electrons. The Balaban J connectivity index is 1.97. The maximum Gasteiger partial charge on any atom is 0.273 e. The molecule has 0 aliphatic rings. The van der Waals surface area contributed by atoms with Crippen molar-refractivity contribution in [1.82, 2.24) is 4.72 Å². The lowest BCUT2D eigenvalue weighted by atomic mass is 10.1. The highest BCUT2D eigenvalue weighted by molar-refractivity contribution is 7.89. The zero-order valence-electron chi connectivity index (χ0n) is 11.4. The van der Waals surface area contributed by atoms with Crippen LogP contribution in [0.3, 0.4) is 0 Å². The molecule has 6 nitrogen and oxygen atoms in total. The summed E-state index contributed by atoms with van der Waals surface area (Å²) in [6, 6.07) is 9.93. The smallest absolute Gasteiger partial charge is 0.273 e. The summed E-state index contributed by atoms with van der Waals surface area (Å²) >= 11 is 0. The molecular formula is C14H15NO5S. The van der Waals surface area contributed by atoms with E-state index in [1.807, 2.05) is 24.3 Å². The topological polar surface area (TPSA) is 85.6 Å². The standard InChI is InChI=1S/C14H15NO5S/c1-19-12-4-2-3-11(9-12)7-8-15-21(17,18)14-6-5-13(10-16)20-14/h2-6,9-10,15H,7-8H2,1H3. The Hall–Kier alpha value is -2.12. The van der Waals surface area contributed by atoms with Crippen molar-refractivity contribution in [2.75, 3.05) is 13.7 Å². The molecule has 1 N–H and O–H groups in total. The van der Waals surface area contributed by atoms with Crippen molar-refractivity contribution in [2.45, 2.75) is 11.5 Å². The third-order valence-corrected chi connectivity index (χ3v) is 4.16. The molecule has 0 saturated heterocycles. The minimum absolute atomic E-state index is 0.0248. The fourth-order valence-corrected chi connectivity index (χ4v) is 2.74. The first-order chi connectivity index (χ1) is 10.0. The molecule has 1 aromatic heterocycles. The molecule has 0 unspecified atom stereocenters. The molecule has 2 rings (SSSR count). The lowest BCUT2D eigenvalue weighted by Crippen LogP contribution is -2.25. The van der Waals surface area contributed by atoms with Gasteiger partial charge in [0.1, 0.15) is 5.75 Å². The van der Waals surface area contributed by atoms with Gasteiger partial charge in [0.25, 0.3) is 10.0 Å². The van der Waals surface area contributed by atoms with Crippen LogP contribution in [0, 0.1) is 0 Å². The molecule has 1 heterocycles. The van der Waals surface area contributed by atoms with Gasteiger partial charge in [-0.3, -0.25) is 4.79 Å². The fourth-order valence-electron chi connectivity index (χ4n) is 1.77. The van der Waals surface area contributed by atoms with Crippen LogP contribution in [0.4, 0.5) is 0 Å². The molecular weight excluding hydrogens is 294 g/mol. The summed E-state index contributed by atoms with van der Waals surface area (Å²) < 4.78 is 36.3. The van der Waals surface area contributed by atoms with Gasteiger partial charge in [-0.05, 0) is 36.2 Å². The number of nitrogens with one attached hydrogen (secondary N) is 1. The van der Waals surface area contributed by atoms with Crippen molar-refractivity contribution in [3.63, 3.8) is 0 Å². The summed E-state index contributed by atoms with van der Waals surface area (Å²) in [6.45, 7) is 0.215. The Morgan fingerprint density at radius 3 is 2.76 bits per heavy atom. The number of carbonyl (C=O) groups is 1. The van der Waals surface area contributed by atoms with E-state index in [9.17, 15) is 13.2 Å². The van der Waals surface area contributed by atoms with Crippen LogP contribution in [0.5, 0.6) is 5.75 Å². The highest BCUT2D eigenvalue weighted by Gasteiger charge is 2.18. The molecule has 0 amide bonds. The van der Waals surface area contributed by atoms with E-state index in [1.165, 1.54) is 12.1 Å². The molecule has 0 radical (unpaired) electrons. The van der Waals surface area contributed by atoms with Crippen LogP contribution < -0.4 is 9.46 Å². The van der Waals surface area contributed by atoms with Gasteiger partial charge in [-0.2, -0.15) is 0 Å². The van der Waals surface area contributed by atoms with Crippen molar-refractivity contribution in [2.24, 2.45) is 0 Å². The maximum atomic E-state index is 11.9. The molecule has 7 heteroatoms. The summed E-state index contributed by atoms with van der Waals surface area (Å²) in [7, 11) is -2.17. The second kappa shape index (κ2) is 6.55. The van der Waals surface area contributed by atoms with E-state index in [4.69, 9.17) is 9.15 Å². The van der Waals surface area contributed by atoms with Crippen molar-refractivity contribution in [1.29, 1.82) is 0 Å². The van der Waals surface area contributed by atoms with E-state index in [-0.39, 0.29) is 17.4 Å². The molecule has 0 saturated carbocycles. The monoisotopic (exact) mass is 309 g/mol. The average Bonchev–Trinajstić information content (AvgIpc) is 2.97. The second-order valence-corrected chi connectivity index (χ2v) is 5.97. The van der Waals surface area contributed by atoms with E-state index < -0.39 is 10.0 Å². The number of ether oxygens (including phenoxy) is 1. The molecule has 0 bridgehead atoms. The quantitative estimate of drug-likeness (QED) is 0.786. The van der Waals surface area contributed by atoms with Crippen LogP contribution in [-0.2, 0) is 16.4 Å². The van der Waals surface area contributed by atoms with Gasteiger partial charge >= 0.3 is 0 Å². The Labute approximate surface area is 122 Å². The zero-order chi connectivity index (χ0) is 15.3. The Morgan fingerprint density at radius 2 is 2.10 bits per heavy atom. The highest BCUT2D eigenvalue weighted by atomic mass is 32.2. The van der Waals surface area contributed by atoms with Crippen molar-refractivity contribution < 1.29 is 22.4 Å². The largest absolute Gasteiger partial charge is 0.497 e. The molecule has 0 aliphatic heterocycles. The van der Waals surface area contributed by atoms with E-state index in [0.717, 1.165) is 11.3 Å². The Morgan fingerprint density at radius 1 is 1.29 bits per heavy atom. The van der Waals surface area contributed by atoms with Crippen LogP contribution in [0.25, 0.3) is 0 Å². The SMILES string of the molecule is COc1cccc(CCNS(=O)(=O)c2ccc(C=O)o2)c1. The number of carbonyl (C=O) groups excluding carboxylic acids is 1. The first-order valence-corrected chi connectivity index (χ1v) is 7.71. The number of hydrogen-bond acceptors (Lipinski definition) is 5. The Kier molecular flexibility index (Phi) is 4.77. The average molecular weight is 309 g/mol. The van der Waals surface area contributed by atoms with Gasteiger partial charge in [0.05, 0.1) is 7.11 Å². The number of furan rings is 1. The van der Waals surface area contributed by atoms with E-state index >= 15 is 0 Å². The van der Waals surface area contributed by atoms with E-state index in [0.29, 0.717) is 12.7 Å². The van der Waals surface area contributed by atoms with Gasteiger partial charge < -0.3 is 9.15 Å². The minimum atomic E-state index is -3.74. The van der Waals surface area contributed by atoms with Crippen LogP contribution in [-0.4, -0.2) is 28.4 Å². The number of benzene rings is 1. The van der Waals surface area contributed by atoms with Gasteiger partial charge in [0, 0.05) is 6.54 Å². The third kappa shape index (κ3) is 3.93. The second-order valence-electron chi connectivity index (χ2n) is 4.27. The van der Waals surface area contributed by atoms with Crippen LogP contribution >= 0.6 is 0 Å². The molecule has 2 aromatic rings. The first-order valence-electron chi connectivity index (χ1n) is 6.23. The minimum Gasteiger partial charge on any atom is -0.497 e. The molecule has 0 spiro atoms. The van der Waals surface area contributed by atoms with Gasteiger partial charge in [-0.25, -0.2) is 13.1 Å². The summed E-state index contributed by atoms with van der Waals surface area (Å²) in [5.74, 6) is 0.695. The van der Waals surface area contributed by atoms with E-state index in [2.05, 4.69) is 4.72 Å².